The average molecular weight is 516 g/mol. The predicted octanol–water partition coefficient (Wildman–Crippen LogP) is 3.41. The van der Waals surface area contributed by atoms with Crippen LogP contribution in [0.2, 0.25) is 0 Å². The third-order valence-electron chi connectivity index (χ3n) is 6.83. The lowest BCUT2D eigenvalue weighted by Gasteiger charge is -2.43. The summed E-state index contributed by atoms with van der Waals surface area (Å²) in [6, 6.07) is 23.5. The Kier molecular flexibility index (Phi) is 9.44. The summed E-state index contributed by atoms with van der Waals surface area (Å²) in [6.07, 6.45) is 2.22. The number of hydrogen-bond donors (Lipinski definition) is 2. The number of nitrogens with zero attached hydrogens (tertiary/aromatic N) is 3. The molecule has 0 bridgehead atoms. The largest absolute Gasteiger partial charge is 0.353 e. The van der Waals surface area contributed by atoms with Crippen LogP contribution in [0.4, 0.5) is 0 Å². The monoisotopic (exact) mass is 515 g/mol. The summed E-state index contributed by atoms with van der Waals surface area (Å²) in [5.74, 6) is -0.245. The van der Waals surface area contributed by atoms with Gasteiger partial charge in [0.15, 0.2) is 0 Å². The highest BCUT2D eigenvalue weighted by Gasteiger charge is 2.38. The van der Waals surface area contributed by atoms with Gasteiger partial charge in [-0.05, 0) is 54.0 Å². The zero-order valence-electron chi connectivity index (χ0n) is 20.9. The Morgan fingerprint density at radius 2 is 1.86 bits per heavy atom. The zero-order chi connectivity index (χ0) is 26.0. The van der Waals surface area contributed by atoms with Crippen LogP contribution in [0.15, 0.2) is 72.1 Å². The first-order chi connectivity index (χ1) is 18.1. The van der Waals surface area contributed by atoms with Gasteiger partial charge in [-0.15, -0.1) is 11.3 Å². The molecule has 1 aromatic heterocycles. The molecule has 2 atom stereocenters. The highest BCUT2D eigenvalue weighted by atomic mass is 32.1. The maximum Gasteiger partial charge on any atom is 0.264 e. The fourth-order valence-electron chi connectivity index (χ4n) is 4.85. The number of nitriles is 1. The minimum atomic E-state index is -0.555. The van der Waals surface area contributed by atoms with Crippen LogP contribution < -0.4 is 11.1 Å². The minimum absolute atomic E-state index is 0.0933. The van der Waals surface area contributed by atoms with Gasteiger partial charge in [0.1, 0.15) is 6.04 Å². The number of amides is 2. The van der Waals surface area contributed by atoms with Crippen LogP contribution in [0, 0.1) is 11.3 Å². The maximum absolute atomic E-state index is 13.3. The van der Waals surface area contributed by atoms with Gasteiger partial charge in [-0.2, -0.15) is 5.26 Å². The third kappa shape index (κ3) is 7.04. The summed E-state index contributed by atoms with van der Waals surface area (Å²) in [6.45, 7) is 2.77. The number of rotatable bonds is 10. The molecule has 0 radical (unpaired) electrons. The van der Waals surface area contributed by atoms with Crippen LogP contribution in [0.25, 0.3) is 0 Å². The average Bonchev–Trinajstić information content (AvgIpc) is 3.49. The molecule has 1 fully saturated rings. The number of carbonyl (C=O) groups excluding carboxylic acids is 2. The van der Waals surface area contributed by atoms with Crippen LogP contribution in [0.1, 0.15) is 39.2 Å². The van der Waals surface area contributed by atoms with Crippen molar-refractivity contribution in [3.63, 3.8) is 0 Å². The van der Waals surface area contributed by atoms with Crippen LogP contribution in [-0.4, -0.2) is 59.9 Å². The first-order valence-corrected chi connectivity index (χ1v) is 13.6. The second kappa shape index (κ2) is 13.2. The fraction of sp³-hybridized carbons (Fsp3) is 0.345. The summed E-state index contributed by atoms with van der Waals surface area (Å²) in [4.78, 5) is 31.3. The molecule has 2 amide bonds. The Labute approximate surface area is 222 Å². The van der Waals surface area contributed by atoms with Gasteiger partial charge >= 0.3 is 0 Å². The summed E-state index contributed by atoms with van der Waals surface area (Å²) in [5, 5.41) is 14.0. The zero-order valence-corrected chi connectivity index (χ0v) is 21.7. The van der Waals surface area contributed by atoms with Gasteiger partial charge in [0, 0.05) is 38.8 Å². The number of likely N-dealkylation sites (tertiary alicyclic amines) is 1. The first kappa shape index (κ1) is 26.6. The highest BCUT2D eigenvalue weighted by molar-refractivity contribution is 7.12. The Balaban J connectivity index is 1.55. The third-order valence-corrected chi connectivity index (χ3v) is 7.69. The van der Waals surface area contributed by atoms with E-state index in [4.69, 9.17) is 11.0 Å². The molecular formula is C29H33N5O2S. The van der Waals surface area contributed by atoms with Gasteiger partial charge in [-0.1, -0.05) is 48.5 Å². The van der Waals surface area contributed by atoms with E-state index in [0.717, 1.165) is 24.9 Å². The topological polar surface area (TPSA) is 102 Å². The van der Waals surface area contributed by atoms with Crippen molar-refractivity contribution in [2.45, 2.75) is 37.9 Å². The van der Waals surface area contributed by atoms with Crippen molar-refractivity contribution >= 4 is 23.2 Å². The molecule has 0 spiro atoms. The van der Waals surface area contributed by atoms with Crippen molar-refractivity contribution in [3.8, 4) is 6.07 Å². The summed E-state index contributed by atoms with van der Waals surface area (Å²) in [7, 11) is 0. The van der Waals surface area contributed by atoms with E-state index in [1.54, 1.807) is 4.90 Å². The lowest BCUT2D eigenvalue weighted by atomic mass is 9.93. The summed E-state index contributed by atoms with van der Waals surface area (Å²) < 4.78 is 0. The number of benzene rings is 2. The lowest BCUT2D eigenvalue weighted by molar-refractivity contribution is -0.127. The fourth-order valence-corrected chi connectivity index (χ4v) is 5.53. The van der Waals surface area contributed by atoms with Crippen molar-refractivity contribution in [1.29, 1.82) is 5.26 Å². The molecule has 7 nitrogen and oxygen atoms in total. The molecule has 192 valence electrons. The normalized spacial score (nSPS) is 17.4. The van der Waals surface area contributed by atoms with Crippen molar-refractivity contribution in [2.75, 3.05) is 26.2 Å². The van der Waals surface area contributed by atoms with Gasteiger partial charge in [0.2, 0.25) is 5.91 Å². The van der Waals surface area contributed by atoms with Crippen molar-refractivity contribution < 1.29 is 9.59 Å². The second-order valence-corrected chi connectivity index (χ2v) is 10.2. The van der Waals surface area contributed by atoms with Gasteiger partial charge in [0.25, 0.3) is 5.91 Å². The second-order valence-electron chi connectivity index (χ2n) is 9.26. The highest BCUT2D eigenvalue weighted by Crippen LogP contribution is 2.27. The number of nitrogens with one attached hydrogen (secondary N) is 1. The molecular weight excluding hydrogens is 482 g/mol. The van der Waals surface area contributed by atoms with Crippen molar-refractivity contribution in [3.05, 3.63) is 93.7 Å². The number of hydrogen-bond acceptors (Lipinski definition) is 6. The molecule has 37 heavy (non-hydrogen) atoms. The van der Waals surface area contributed by atoms with Gasteiger partial charge in [-0.3, -0.25) is 14.5 Å². The van der Waals surface area contributed by atoms with E-state index in [9.17, 15) is 9.59 Å². The molecule has 2 aromatic carbocycles. The Morgan fingerprint density at radius 1 is 1.08 bits per heavy atom. The van der Waals surface area contributed by atoms with Crippen molar-refractivity contribution in [1.82, 2.24) is 15.1 Å². The van der Waals surface area contributed by atoms with Gasteiger partial charge in [-0.25, -0.2) is 0 Å². The van der Waals surface area contributed by atoms with E-state index < -0.39 is 6.04 Å². The number of carbonyl (C=O) groups is 2. The molecule has 0 aliphatic carbocycles. The molecule has 8 heteroatoms. The van der Waals surface area contributed by atoms with Crippen LogP contribution in [0.3, 0.4) is 0 Å². The maximum atomic E-state index is 13.3. The number of nitrogens with two attached hydrogens (primary N) is 1. The van der Waals surface area contributed by atoms with E-state index in [1.807, 2.05) is 60.0 Å². The van der Waals surface area contributed by atoms with E-state index in [1.165, 1.54) is 16.9 Å². The Bertz CT molecular complexity index is 1190. The molecule has 1 unspecified atom stereocenters. The van der Waals surface area contributed by atoms with E-state index in [2.05, 4.69) is 28.4 Å². The minimum Gasteiger partial charge on any atom is -0.353 e. The number of thiophene rings is 1. The SMILES string of the molecule is N#Cc1ccc(CN(CCc2ccccc2)C2CCN(C(=O)c3cccs3)[C@@H](C(=O)NCCN)C2)cc1. The quantitative estimate of drug-likeness (QED) is 0.431. The molecule has 1 saturated heterocycles. The van der Waals surface area contributed by atoms with Gasteiger partial charge in [0.05, 0.1) is 16.5 Å². The Hall–Kier alpha value is -3.51. The molecule has 3 N–H and O–H groups in total. The molecule has 3 aromatic rings. The van der Waals surface area contributed by atoms with Crippen LogP contribution in [0.5, 0.6) is 0 Å². The molecule has 1 aliphatic heterocycles. The van der Waals surface area contributed by atoms with Crippen LogP contribution in [-0.2, 0) is 17.8 Å². The standard InChI is InChI=1S/C29H33N5O2S/c30-14-15-32-28(35)26-19-25(13-17-34(26)29(36)27-7-4-18-37-27)33(16-12-22-5-2-1-3-6-22)21-24-10-8-23(20-31)9-11-24/h1-11,18,25-26H,12-17,19,21,30H2,(H,32,35)/t25?,26-/m1/s1. The lowest BCUT2D eigenvalue weighted by Crippen LogP contribution is -2.57. The molecule has 1 aliphatic rings. The smallest absolute Gasteiger partial charge is 0.264 e. The molecule has 0 saturated carbocycles. The summed E-state index contributed by atoms with van der Waals surface area (Å²) in [5.41, 5.74) is 8.65. The summed E-state index contributed by atoms with van der Waals surface area (Å²) >= 11 is 1.40. The van der Waals surface area contributed by atoms with Crippen molar-refractivity contribution in [2.24, 2.45) is 5.73 Å². The molecule has 2 heterocycles. The van der Waals surface area contributed by atoms with Crippen LogP contribution >= 0.6 is 11.3 Å². The van der Waals surface area contributed by atoms with E-state index in [-0.39, 0.29) is 17.9 Å². The van der Waals surface area contributed by atoms with E-state index >= 15 is 0 Å². The first-order valence-electron chi connectivity index (χ1n) is 12.7. The number of piperidine rings is 1. The predicted molar refractivity (Wildman–Crippen MR) is 146 cm³/mol. The molecule has 4 rings (SSSR count). The van der Waals surface area contributed by atoms with Gasteiger partial charge < -0.3 is 16.0 Å². The Morgan fingerprint density at radius 3 is 2.54 bits per heavy atom. The van der Waals surface area contributed by atoms with E-state index in [0.29, 0.717) is 43.0 Å².